The van der Waals surface area contributed by atoms with Gasteiger partial charge in [-0.25, -0.2) is 4.39 Å². The molecule has 1 aliphatic rings. The number of rotatable bonds is 0. The minimum absolute atomic E-state index is 0.0445. The quantitative estimate of drug-likeness (QED) is 0.500. The van der Waals surface area contributed by atoms with Gasteiger partial charge in [-0.15, -0.1) is 0 Å². The summed E-state index contributed by atoms with van der Waals surface area (Å²) in [6.07, 6.45) is 2.77. The van der Waals surface area contributed by atoms with Crippen molar-refractivity contribution < 1.29 is 4.39 Å². The second-order valence-corrected chi connectivity index (χ2v) is 4.05. The Bertz CT molecular complexity index is 231. The van der Waals surface area contributed by atoms with E-state index in [9.17, 15) is 4.39 Å². The average Bonchev–Trinajstić information content (AvgIpc) is 1.81. The van der Waals surface area contributed by atoms with Crippen molar-refractivity contribution in [2.75, 3.05) is 0 Å². The molecule has 0 atom stereocenters. The topological polar surface area (TPSA) is 0 Å². The Hall–Kier alpha value is -0.590. The highest BCUT2D eigenvalue weighted by Gasteiger charge is 2.28. The van der Waals surface area contributed by atoms with Gasteiger partial charge < -0.3 is 0 Å². The first-order chi connectivity index (χ1) is 4.93. The summed E-state index contributed by atoms with van der Waals surface area (Å²) >= 11 is 0. The lowest BCUT2D eigenvalue weighted by Crippen LogP contribution is -2.16. The van der Waals surface area contributed by atoms with E-state index >= 15 is 0 Å². The van der Waals surface area contributed by atoms with Crippen LogP contribution in [0.1, 0.15) is 34.1 Å². The Kier molecular flexibility index (Phi) is 1.91. The highest BCUT2D eigenvalue weighted by molar-refractivity contribution is 5.32. The van der Waals surface area contributed by atoms with Gasteiger partial charge in [0, 0.05) is 5.41 Å². The maximum atomic E-state index is 13.4. The smallest absolute Gasteiger partial charge is 0.109 e. The molecule has 1 aliphatic carbocycles. The van der Waals surface area contributed by atoms with E-state index in [1.807, 2.05) is 26.8 Å². The van der Waals surface area contributed by atoms with Gasteiger partial charge in [-0.05, 0) is 25.8 Å². The Morgan fingerprint density at radius 3 is 2.36 bits per heavy atom. The zero-order chi connectivity index (χ0) is 8.65. The predicted molar refractivity (Wildman–Crippen MR) is 46.0 cm³/mol. The average molecular weight is 154 g/mol. The zero-order valence-corrected chi connectivity index (χ0v) is 7.66. The van der Waals surface area contributed by atoms with Gasteiger partial charge in [0.2, 0.25) is 0 Å². The summed E-state index contributed by atoms with van der Waals surface area (Å²) in [5, 5.41) is 0. The maximum absolute atomic E-state index is 13.4. The van der Waals surface area contributed by atoms with Crippen molar-refractivity contribution in [2.24, 2.45) is 5.41 Å². The molecule has 0 amide bonds. The third-order valence-corrected chi connectivity index (χ3v) is 2.12. The molecule has 0 aromatic rings. The highest BCUT2D eigenvalue weighted by atomic mass is 19.1. The third-order valence-electron chi connectivity index (χ3n) is 2.12. The molecule has 0 aromatic heterocycles. The molecule has 0 aromatic carbocycles. The first-order valence-electron chi connectivity index (χ1n) is 3.97. The van der Waals surface area contributed by atoms with Crippen molar-refractivity contribution in [3.8, 4) is 0 Å². The molecule has 0 nitrogen and oxygen atoms in total. The summed E-state index contributed by atoms with van der Waals surface area (Å²) in [6.45, 7) is 7.78. The molecular formula is C10H15F. The van der Waals surface area contributed by atoms with Crippen LogP contribution in [0.15, 0.2) is 23.0 Å². The fourth-order valence-electron chi connectivity index (χ4n) is 1.79. The Morgan fingerprint density at radius 2 is 1.91 bits per heavy atom. The van der Waals surface area contributed by atoms with Crippen molar-refractivity contribution >= 4 is 0 Å². The lowest BCUT2D eigenvalue weighted by Gasteiger charge is -2.28. The van der Waals surface area contributed by atoms with E-state index in [0.29, 0.717) is 0 Å². The van der Waals surface area contributed by atoms with Crippen LogP contribution in [0.3, 0.4) is 0 Å². The van der Waals surface area contributed by atoms with Gasteiger partial charge in [-0.2, -0.15) is 0 Å². The lowest BCUT2D eigenvalue weighted by molar-refractivity contribution is 0.335. The van der Waals surface area contributed by atoms with Crippen LogP contribution in [0.4, 0.5) is 4.39 Å². The van der Waals surface area contributed by atoms with Gasteiger partial charge in [0.05, 0.1) is 0 Å². The van der Waals surface area contributed by atoms with Crippen LogP contribution in [-0.4, -0.2) is 0 Å². The minimum atomic E-state index is -0.275. The van der Waals surface area contributed by atoms with Crippen molar-refractivity contribution in [1.29, 1.82) is 0 Å². The van der Waals surface area contributed by atoms with Crippen molar-refractivity contribution in [2.45, 2.75) is 34.1 Å². The fraction of sp³-hybridized carbons (Fsp3) is 0.600. The molecule has 1 rings (SSSR count). The molecule has 0 radical (unpaired) electrons. The molecule has 0 spiro atoms. The lowest BCUT2D eigenvalue weighted by atomic mass is 9.79. The molecule has 0 heterocycles. The molecule has 0 saturated heterocycles. The summed E-state index contributed by atoms with van der Waals surface area (Å²) < 4.78 is 13.4. The van der Waals surface area contributed by atoms with Gasteiger partial charge in [-0.3, -0.25) is 0 Å². The summed E-state index contributed by atoms with van der Waals surface area (Å²) in [5.74, 6) is 0.0445. The zero-order valence-electron chi connectivity index (χ0n) is 7.66. The molecular weight excluding hydrogens is 139 g/mol. The molecule has 1 heteroatoms. The number of halogens is 1. The molecule has 62 valence electrons. The van der Waals surface area contributed by atoms with Gasteiger partial charge in [0.25, 0.3) is 0 Å². The van der Waals surface area contributed by atoms with E-state index in [4.69, 9.17) is 0 Å². The second-order valence-electron chi connectivity index (χ2n) is 4.05. The van der Waals surface area contributed by atoms with Crippen LogP contribution in [-0.2, 0) is 0 Å². The summed E-state index contributed by atoms with van der Waals surface area (Å²) in [4.78, 5) is 0. The Morgan fingerprint density at radius 1 is 1.36 bits per heavy atom. The normalized spacial score (nSPS) is 23.5. The number of hydrogen-bond donors (Lipinski definition) is 0. The molecule has 0 unspecified atom stereocenters. The molecule has 11 heavy (non-hydrogen) atoms. The first kappa shape index (κ1) is 8.51. The monoisotopic (exact) mass is 154 g/mol. The Balaban J connectivity index is 3.07. The second kappa shape index (κ2) is 2.47. The van der Waals surface area contributed by atoms with Crippen molar-refractivity contribution in [3.63, 3.8) is 0 Å². The van der Waals surface area contributed by atoms with Crippen LogP contribution in [0.2, 0.25) is 0 Å². The van der Waals surface area contributed by atoms with Crippen LogP contribution < -0.4 is 0 Å². The van der Waals surface area contributed by atoms with E-state index in [2.05, 4.69) is 6.92 Å². The van der Waals surface area contributed by atoms with Crippen LogP contribution >= 0.6 is 0 Å². The standard InChI is InChI=1S/C10H15F/c1-7-5-8(2)9(11)10(3,4)6-7/h5H,6H2,1-4H3. The summed E-state index contributed by atoms with van der Waals surface area (Å²) in [7, 11) is 0. The van der Waals surface area contributed by atoms with E-state index in [1.165, 1.54) is 5.57 Å². The summed E-state index contributed by atoms with van der Waals surface area (Å²) in [5.41, 5.74) is 1.79. The van der Waals surface area contributed by atoms with Crippen LogP contribution in [0.5, 0.6) is 0 Å². The molecule has 0 fully saturated rings. The Labute approximate surface area is 67.8 Å². The molecule has 0 bridgehead atoms. The van der Waals surface area contributed by atoms with E-state index in [1.54, 1.807) is 0 Å². The maximum Gasteiger partial charge on any atom is 0.109 e. The molecule has 0 aliphatic heterocycles. The van der Waals surface area contributed by atoms with Gasteiger partial charge in [0.1, 0.15) is 5.83 Å². The highest BCUT2D eigenvalue weighted by Crippen LogP contribution is 2.40. The SMILES string of the molecule is CC1=CC(C)=C(F)C(C)(C)C1. The van der Waals surface area contributed by atoms with Gasteiger partial charge in [-0.1, -0.05) is 25.5 Å². The third kappa shape index (κ3) is 1.52. The van der Waals surface area contributed by atoms with E-state index < -0.39 is 0 Å². The van der Waals surface area contributed by atoms with Crippen LogP contribution in [0.25, 0.3) is 0 Å². The van der Waals surface area contributed by atoms with E-state index in [0.717, 1.165) is 12.0 Å². The largest absolute Gasteiger partial charge is 0.211 e. The minimum Gasteiger partial charge on any atom is -0.211 e. The van der Waals surface area contributed by atoms with Crippen molar-refractivity contribution in [1.82, 2.24) is 0 Å². The number of allylic oxidation sites excluding steroid dienone is 4. The van der Waals surface area contributed by atoms with Gasteiger partial charge in [0.15, 0.2) is 0 Å². The van der Waals surface area contributed by atoms with Gasteiger partial charge >= 0.3 is 0 Å². The predicted octanol–water partition coefficient (Wildman–Crippen LogP) is 3.61. The molecule has 0 N–H and O–H groups in total. The first-order valence-corrected chi connectivity index (χ1v) is 3.97. The fourth-order valence-corrected chi connectivity index (χ4v) is 1.79. The molecule has 0 saturated carbocycles. The van der Waals surface area contributed by atoms with Crippen LogP contribution in [0, 0.1) is 5.41 Å². The number of hydrogen-bond acceptors (Lipinski definition) is 0. The van der Waals surface area contributed by atoms with E-state index in [-0.39, 0.29) is 11.2 Å². The summed E-state index contributed by atoms with van der Waals surface area (Å²) in [6, 6.07) is 0. The van der Waals surface area contributed by atoms with Crippen molar-refractivity contribution in [3.05, 3.63) is 23.0 Å².